The van der Waals surface area contributed by atoms with Crippen molar-refractivity contribution in [3.63, 3.8) is 0 Å². The van der Waals surface area contributed by atoms with Crippen LogP contribution in [0.4, 0.5) is 11.6 Å². The normalized spacial score (nSPS) is 18.3. The van der Waals surface area contributed by atoms with Gasteiger partial charge in [-0.2, -0.15) is 0 Å². The first-order chi connectivity index (χ1) is 12.4. The van der Waals surface area contributed by atoms with Crippen molar-refractivity contribution >= 4 is 27.4 Å². The maximum absolute atomic E-state index is 12.5. The van der Waals surface area contributed by atoms with Gasteiger partial charge in [0, 0.05) is 12.2 Å². The van der Waals surface area contributed by atoms with Gasteiger partial charge in [-0.3, -0.25) is 4.79 Å². The van der Waals surface area contributed by atoms with E-state index in [9.17, 15) is 13.2 Å². The number of hydrogen-bond donors (Lipinski definition) is 2. The highest BCUT2D eigenvalue weighted by Crippen LogP contribution is 2.25. The minimum absolute atomic E-state index is 0.0489. The summed E-state index contributed by atoms with van der Waals surface area (Å²) in [4.78, 5) is 20.8. The Morgan fingerprint density at radius 1 is 1.31 bits per heavy atom. The molecule has 1 fully saturated rings. The molecule has 1 atom stereocenters. The van der Waals surface area contributed by atoms with Crippen molar-refractivity contribution in [2.45, 2.75) is 19.4 Å². The van der Waals surface area contributed by atoms with Crippen molar-refractivity contribution in [1.29, 1.82) is 0 Å². The molecule has 0 saturated carbocycles. The summed E-state index contributed by atoms with van der Waals surface area (Å²) in [7, 11) is -1.48. The van der Waals surface area contributed by atoms with Crippen LogP contribution in [0.15, 0.2) is 30.5 Å². The zero-order chi connectivity index (χ0) is 18.7. The number of hydrogen-bond acceptors (Lipinski definition) is 7. The summed E-state index contributed by atoms with van der Waals surface area (Å²) in [6, 6.07) is 6.72. The molecule has 0 radical (unpaired) electrons. The molecular weight excluding hydrogens is 356 g/mol. The number of amides is 1. The number of nitrogens with zero attached hydrogens (tertiary/aromatic N) is 2. The highest BCUT2D eigenvalue weighted by Gasteiger charge is 2.28. The molecule has 2 heterocycles. The smallest absolute Gasteiger partial charge is 0.274 e. The minimum Gasteiger partial charge on any atom is -0.495 e. The summed E-state index contributed by atoms with van der Waals surface area (Å²) in [5, 5.41) is 5.76. The first kappa shape index (κ1) is 18.1. The second-order valence-electron chi connectivity index (χ2n) is 6.17. The van der Waals surface area contributed by atoms with Crippen molar-refractivity contribution in [3.8, 4) is 5.75 Å². The van der Waals surface area contributed by atoms with Gasteiger partial charge in [-0.05, 0) is 37.1 Å². The van der Waals surface area contributed by atoms with Gasteiger partial charge in [0.05, 0.1) is 24.3 Å². The van der Waals surface area contributed by atoms with Gasteiger partial charge in [-0.25, -0.2) is 18.4 Å². The van der Waals surface area contributed by atoms with E-state index in [0.29, 0.717) is 17.9 Å². The van der Waals surface area contributed by atoms with Gasteiger partial charge in [0.15, 0.2) is 9.84 Å². The lowest BCUT2D eigenvalue weighted by molar-refractivity contribution is 0.102. The number of sulfone groups is 1. The summed E-state index contributed by atoms with van der Waals surface area (Å²) in [5.41, 5.74) is 1.70. The Bertz CT molecular complexity index is 930. The maximum Gasteiger partial charge on any atom is 0.274 e. The summed E-state index contributed by atoms with van der Waals surface area (Å²) in [6.07, 6.45) is 1.96. The number of aryl methyl sites for hydroxylation is 1. The molecule has 138 valence electrons. The highest BCUT2D eigenvalue weighted by atomic mass is 32.2. The third-order valence-corrected chi connectivity index (χ3v) is 5.83. The molecule has 0 aliphatic carbocycles. The lowest BCUT2D eigenvalue weighted by atomic mass is 10.2. The average molecular weight is 376 g/mol. The topological polar surface area (TPSA) is 110 Å². The van der Waals surface area contributed by atoms with Crippen LogP contribution in [0.1, 0.15) is 22.5 Å². The monoisotopic (exact) mass is 376 g/mol. The Labute approximate surface area is 151 Å². The van der Waals surface area contributed by atoms with E-state index >= 15 is 0 Å². The van der Waals surface area contributed by atoms with E-state index in [-0.39, 0.29) is 29.2 Å². The standard InChI is InChI=1S/C17H20N4O4S/c1-11-3-4-15(25-2)14(9-11)20-16(22)13-5-7-18-17(21-13)19-12-6-8-26(23,24)10-12/h3-5,7,9,12H,6,8,10H2,1-2H3,(H,20,22)(H,18,19,21). The van der Waals surface area contributed by atoms with Crippen LogP contribution < -0.4 is 15.4 Å². The number of anilines is 2. The van der Waals surface area contributed by atoms with Crippen molar-refractivity contribution in [3.05, 3.63) is 41.7 Å². The lowest BCUT2D eigenvalue weighted by Gasteiger charge is -2.12. The molecular formula is C17H20N4O4S. The van der Waals surface area contributed by atoms with Gasteiger partial charge >= 0.3 is 0 Å². The Kier molecular flexibility index (Phi) is 5.08. The molecule has 26 heavy (non-hydrogen) atoms. The highest BCUT2D eigenvalue weighted by molar-refractivity contribution is 7.91. The first-order valence-electron chi connectivity index (χ1n) is 8.12. The third-order valence-electron chi connectivity index (χ3n) is 4.06. The molecule has 1 saturated heterocycles. The van der Waals surface area contributed by atoms with E-state index < -0.39 is 15.7 Å². The quantitative estimate of drug-likeness (QED) is 0.816. The number of methoxy groups -OCH3 is 1. The summed E-state index contributed by atoms with van der Waals surface area (Å²) in [6.45, 7) is 1.91. The van der Waals surface area contributed by atoms with Crippen molar-refractivity contribution in [1.82, 2.24) is 9.97 Å². The Morgan fingerprint density at radius 3 is 2.81 bits per heavy atom. The number of aromatic nitrogens is 2. The van der Waals surface area contributed by atoms with Crippen LogP contribution in [0.5, 0.6) is 5.75 Å². The van der Waals surface area contributed by atoms with Gasteiger partial charge in [0.1, 0.15) is 11.4 Å². The van der Waals surface area contributed by atoms with E-state index in [1.54, 1.807) is 12.1 Å². The molecule has 1 aromatic heterocycles. The minimum atomic E-state index is -3.01. The second kappa shape index (κ2) is 7.28. The number of benzene rings is 1. The van der Waals surface area contributed by atoms with Crippen LogP contribution in [0.25, 0.3) is 0 Å². The number of carbonyl (C=O) groups is 1. The molecule has 8 nitrogen and oxygen atoms in total. The van der Waals surface area contributed by atoms with E-state index in [4.69, 9.17) is 4.74 Å². The molecule has 1 aliphatic heterocycles. The SMILES string of the molecule is COc1ccc(C)cc1NC(=O)c1ccnc(NC2CCS(=O)(=O)C2)n1. The molecule has 1 amide bonds. The van der Waals surface area contributed by atoms with Crippen molar-refractivity contribution in [2.75, 3.05) is 29.2 Å². The van der Waals surface area contributed by atoms with E-state index in [0.717, 1.165) is 5.56 Å². The molecule has 2 N–H and O–H groups in total. The van der Waals surface area contributed by atoms with Gasteiger partial charge in [0.2, 0.25) is 5.95 Å². The van der Waals surface area contributed by atoms with Crippen LogP contribution in [0.2, 0.25) is 0 Å². The number of rotatable bonds is 5. The van der Waals surface area contributed by atoms with E-state index in [1.807, 2.05) is 13.0 Å². The van der Waals surface area contributed by atoms with E-state index in [2.05, 4.69) is 20.6 Å². The number of nitrogens with one attached hydrogen (secondary N) is 2. The van der Waals surface area contributed by atoms with Gasteiger partial charge in [-0.1, -0.05) is 6.07 Å². The molecule has 9 heteroatoms. The second-order valence-corrected chi connectivity index (χ2v) is 8.40. The number of ether oxygens (including phenoxy) is 1. The lowest BCUT2D eigenvalue weighted by Crippen LogP contribution is -2.23. The fourth-order valence-electron chi connectivity index (χ4n) is 2.75. The zero-order valence-electron chi connectivity index (χ0n) is 14.5. The maximum atomic E-state index is 12.5. The van der Waals surface area contributed by atoms with E-state index in [1.165, 1.54) is 19.4 Å². The Morgan fingerprint density at radius 2 is 2.12 bits per heavy atom. The fraction of sp³-hybridized carbons (Fsp3) is 0.353. The van der Waals surface area contributed by atoms with Crippen LogP contribution in [0.3, 0.4) is 0 Å². The molecule has 1 aromatic carbocycles. The first-order valence-corrected chi connectivity index (χ1v) is 9.94. The predicted octanol–water partition coefficient (Wildman–Crippen LogP) is 1.64. The van der Waals surface area contributed by atoms with Crippen molar-refractivity contribution in [2.24, 2.45) is 0 Å². The van der Waals surface area contributed by atoms with Gasteiger partial charge < -0.3 is 15.4 Å². The fourth-order valence-corrected chi connectivity index (χ4v) is 4.43. The number of carbonyl (C=O) groups excluding carboxylic acids is 1. The van der Waals surface area contributed by atoms with Crippen LogP contribution in [-0.4, -0.2) is 49.0 Å². The van der Waals surface area contributed by atoms with Crippen molar-refractivity contribution < 1.29 is 17.9 Å². The molecule has 1 unspecified atom stereocenters. The average Bonchev–Trinajstić information content (AvgIpc) is 2.94. The molecule has 1 aliphatic rings. The summed E-state index contributed by atoms with van der Waals surface area (Å²) in [5.74, 6) is 0.576. The van der Waals surface area contributed by atoms with Crippen LogP contribution in [-0.2, 0) is 9.84 Å². The van der Waals surface area contributed by atoms with Gasteiger partial charge in [-0.15, -0.1) is 0 Å². The Hall–Kier alpha value is -2.68. The van der Waals surface area contributed by atoms with Crippen LogP contribution in [0, 0.1) is 6.92 Å². The predicted molar refractivity (Wildman–Crippen MR) is 98.4 cm³/mol. The Balaban J connectivity index is 1.73. The third kappa shape index (κ3) is 4.29. The van der Waals surface area contributed by atoms with Crippen LogP contribution >= 0.6 is 0 Å². The molecule has 0 bridgehead atoms. The molecule has 2 aromatic rings. The summed E-state index contributed by atoms with van der Waals surface area (Å²) < 4.78 is 28.3. The molecule has 0 spiro atoms. The molecule has 3 rings (SSSR count). The van der Waals surface area contributed by atoms with Gasteiger partial charge in [0.25, 0.3) is 5.91 Å². The zero-order valence-corrected chi connectivity index (χ0v) is 15.3. The largest absolute Gasteiger partial charge is 0.495 e. The summed E-state index contributed by atoms with van der Waals surface area (Å²) >= 11 is 0.